The van der Waals surface area contributed by atoms with Crippen molar-refractivity contribution >= 4 is 34.9 Å². The molecule has 8 heteroatoms. The molecule has 3 rings (SSSR count). The molecule has 0 aliphatic heterocycles. The number of anilines is 1. The fourth-order valence-corrected chi connectivity index (χ4v) is 1.74. The van der Waals surface area contributed by atoms with Crippen LogP contribution >= 0.6 is 11.6 Å². The molecule has 0 atom stereocenters. The summed E-state index contributed by atoms with van der Waals surface area (Å²) in [6.45, 7) is 0. The maximum absolute atomic E-state index is 11.5. The van der Waals surface area contributed by atoms with Gasteiger partial charge in [-0.1, -0.05) is 23.7 Å². The minimum absolute atomic E-state index is 0.280. The number of aromatic amines is 2. The highest BCUT2D eigenvalue weighted by Gasteiger charge is 2.05. The third kappa shape index (κ3) is 2.52. The molecule has 3 N–H and O–H groups in total. The molecule has 0 aliphatic carbocycles. The molecule has 0 spiro atoms. The van der Waals surface area contributed by atoms with E-state index in [9.17, 15) is 4.79 Å². The van der Waals surface area contributed by atoms with Crippen molar-refractivity contribution < 1.29 is 0 Å². The topological polar surface area (TPSA) is 98.8 Å². The van der Waals surface area contributed by atoms with E-state index in [0.717, 1.165) is 5.56 Å². The Labute approximate surface area is 117 Å². The zero-order chi connectivity index (χ0) is 13.9. The molecule has 0 radical (unpaired) electrons. The number of aromatic nitrogens is 4. The SMILES string of the molecule is O=c1[nH]cnc2nc(NN=Cc3ccc(Cl)cc3)[nH]c12. The number of hydrazone groups is 1. The number of nitrogens with one attached hydrogen (secondary N) is 3. The monoisotopic (exact) mass is 288 g/mol. The summed E-state index contributed by atoms with van der Waals surface area (Å²) >= 11 is 5.79. The number of imidazole rings is 1. The molecule has 1 aromatic carbocycles. The Morgan fingerprint density at radius 3 is 2.85 bits per heavy atom. The fraction of sp³-hybridized carbons (Fsp3) is 0. The van der Waals surface area contributed by atoms with Crippen molar-refractivity contribution in [1.29, 1.82) is 0 Å². The van der Waals surface area contributed by atoms with Crippen LogP contribution in [0, 0.1) is 0 Å². The van der Waals surface area contributed by atoms with Crippen LogP contribution in [0.1, 0.15) is 5.56 Å². The van der Waals surface area contributed by atoms with Crippen LogP contribution in [-0.2, 0) is 0 Å². The van der Waals surface area contributed by atoms with Crippen LogP contribution < -0.4 is 11.0 Å². The molecule has 0 bridgehead atoms. The van der Waals surface area contributed by atoms with Crippen molar-refractivity contribution in [3.05, 3.63) is 51.5 Å². The van der Waals surface area contributed by atoms with Crippen molar-refractivity contribution in [3.8, 4) is 0 Å². The summed E-state index contributed by atoms with van der Waals surface area (Å²) in [7, 11) is 0. The van der Waals surface area contributed by atoms with E-state index in [-0.39, 0.29) is 5.56 Å². The van der Waals surface area contributed by atoms with Crippen molar-refractivity contribution in [2.75, 3.05) is 5.43 Å². The van der Waals surface area contributed by atoms with E-state index in [1.165, 1.54) is 6.33 Å². The van der Waals surface area contributed by atoms with Gasteiger partial charge >= 0.3 is 0 Å². The van der Waals surface area contributed by atoms with Gasteiger partial charge in [0, 0.05) is 5.02 Å². The zero-order valence-electron chi connectivity index (χ0n) is 10.1. The normalized spacial score (nSPS) is 11.2. The quantitative estimate of drug-likeness (QED) is 0.505. The molecule has 0 saturated carbocycles. The first kappa shape index (κ1) is 12.4. The number of halogens is 1. The van der Waals surface area contributed by atoms with E-state index in [0.29, 0.717) is 22.1 Å². The van der Waals surface area contributed by atoms with Crippen LogP contribution in [0.3, 0.4) is 0 Å². The van der Waals surface area contributed by atoms with Gasteiger partial charge in [0.25, 0.3) is 5.56 Å². The average molecular weight is 289 g/mol. The van der Waals surface area contributed by atoms with Gasteiger partial charge in [-0.15, -0.1) is 0 Å². The standard InChI is InChI=1S/C12H9ClN6O/c13-8-3-1-7(2-4-8)5-16-19-12-17-9-10(18-12)14-6-15-11(9)20/h1-6H,(H3,14,15,17,18,19,20). The average Bonchev–Trinajstić information content (AvgIpc) is 2.85. The van der Waals surface area contributed by atoms with Gasteiger partial charge in [-0.05, 0) is 17.7 Å². The van der Waals surface area contributed by atoms with Gasteiger partial charge in [0.15, 0.2) is 11.2 Å². The predicted octanol–water partition coefficient (Wildman–Crippen LogP) is 1.75. The zero-order valence-corrected chi connectivity index (χ0v) is 10.8. The number of H-pyrrole nitrogens is 2. The third-order valence-electron chi connectivity index (χ3n) is 2.55. The second-order valence-corrected chi connectivity index (χ2v) is 4.37. The molecular formula is C12H9ClN6O. The largest absolute Gasteiger partial charge is 0.317 e. The smallest absolute Gasteiger partial charge is 0.276 e. The summed E-state index contributed by atoms with van der Waals surface area (Å²) in [5.74, 6) is 0.342. The van der Waals surface area contributed by atoms with Crippen LogP contribution in [0.2, 0.25) is 5.02 Å². The van der Waals surface area contributed by atoms with Crippen LogP contribution in [0.25, 0.3) is 11.2 Å². The van der Waals surface area contributed by atoms with E-state index in [1.54, 1.807) is 18.3 Å². The van der Waals surface area contributed by atoms with Gasteiger partial charge in [-0.2, -0.15) is 10.1 Å². The molecule has 0 unspecified atom stereocenters. The predicted molar refractivity (Wildman–Crippen MR) is 77.2 cm³/mol. The lowest BCUT2D eigenvalue weighted by molar-refractivity contribution is 1.15. The van der Waals surface area contributed by atoms with Crippen molar-refractivity contribution in [2.45, 2.75) is 0 Å². The molecule has 2 aromatic heterocycles. The highest BCUT2D eigenvalue weighted by atomic mass is 35.5. The number of hydrogen-bond donors (Lipinski definition) is 3. The van der Waals surface area contributed by atoms with Gasteiger partial charge in [0.05, 0.1) is 12.5 Å². The minimum atomic E-state index is -0.280. The van der Waals surface area contributed by atoms with E-state index < -0.39 is 0 Å². The van der Waals surface area contributed by atoms with Crippen LogP contribution in [0.5, 0.6) is 0 Å². The van der Waals surface area contributed by atoms with Gasteiger partial charge in [0.1, 0.15) is 0 Å². The number of benzene rings is 1. The maximum Gasteiger partial charge on any atom is 0.276 e. The second kappa shape index (κ2) is 5.14. The highest BCUT2D eigenvalue weighted by molar-refractivity contribution is 6.30. The van der Waals surface area contributed by atoms with Crippen molar-refractivity contribution in [3.63, 3.8) is 0 Å². The summed E-state index contributed by atoms with van der Waals surface area (Å²) in [5.41, 5.74) is 3.94. The number of rotatable bonds is 3. The van der Waals surface area contributed by atoms with Gasteiger partial charge in [-0.3, -0.25) is 4.79 Å². The Balaban J connectivity index is 1.78. The number of fused-ring (bicyclic) bond motifs is 1. The third-order valence-corrected chi connectivity index (χ3v) is 2.80. The molecule has 0 fully saturated rings. The lowest BCUT2D eigenvalue weighted by Gasteiger charge is -1.94. The number of nitrogens with zero attached hydrogens (tertiary/aromatic N) is 3. The van der Waals surface area contributed by atoms with Gasteiger partial charge in [0.2, 0.25) is 5.95 Å². The van der Waals surface area contributed by atoms with E-state index in [1.807, 2.05) is 12.1 Å². The van der Waals surface area contributed by atoms with Crippen LogP contribution in [0.15, 0.2) is 40.5 Å². The number of hydrogen-bond acceptors (Lipinski definition) is 5. The summed E-state index contributed by atoms with van der Waals surface area (Å²) in [5, 5.41) is 4.68. The molecular weight excluding hydrogens is 280 g/mol. The van der Waals surface area contributed by atoms with E-state index >= 15 is 0 Å². The Morgan fingerprint density at radius 2 is 2.10 bits per heavy atom. The lowest BCUT2D eigenvalue weighted by atomic mass is 10.2. The van der Waals surface area contributed by atoms with Gasteiger partial charge in [-0.25, -0.2) is 10.4 Å². The maximum atomic E-state index is 11.5. The fourth-order valence-electron chi connectivity index (χ4n) is 1.61. The molecule has 3 aromatic rings. The summed E-state index contributed by atoms with van der Waals surface area (Å²) in [6, 6.07) is 7.21. The first-order chi connectivity index (χ1) is 9.72. The van der Waals surface area contributed by atoms with Crippen molar-refractivity contribution in [2.24, 2.45) is 5.10 Å². The van der Waals surface area contributed by atoms with Crippen LogP contribution in [-0.4, -0.2) is 26.2 Å². The molecule has 0 saturated heterocycles. The lowest BCUT2D eigenvalue weighted by Crippen LogP contribution is -2.05. The van der Waals surface area contributed by atoms with Gasteiger partial charge < -0.3 is 9.97 Å². The molecule has 0 amide bonds. The minimum Gasteiger partial charge on any atom is -0.317 e. The van der Waals surface area contributed by atoms with E-state index in [4.69, 9.17) is 11.6 Å². The Kier molecular flexibility index (Phi) is 3.18. The molecule has 0 aliphatic rings. The molecule has 100 valence electrons. The molecule has 7 nitrogen and oxygen atoms in total. The second-order valence-electron chi connectivity index (χ2n) is 3.94. The first-order valence-electron chi connectivity index (χ1n) is 5.70. The van der Waals surface area contributed by atoms with Crippen LogP contribution in [0.4, 0.5) is 5.95 Å². The molecule has 20 heavy (non-hydrogen) atoms. The summed E-state index contributed by atoms with van der Waals surface area (Å²) in [4.78, 5) is 24.7. The Hall–Kier alpha value is -2.67. The summed E-state index contributed by atoms with van der Waals surface area (Å²) < 4.78 is 0. The molecule has 2 heterocycles. The first-order valence-corrected chi connectivity index (χ1v) is 6.08. The summed E-state index contributed by atoms with van der Waals surface area (Å²) in [6.07, 6.45) is 2.91. The van der Waals surface area contributed by atoms with E-state index in [2.05, 4.69) is 30.5 Å². The highest BCUT2D eigenvalue weighted by Crippen LogP contribution is 2.09. The Bertz CT molecular complexity index is 820. The Morgan fingerprint density at radius 1 is 1.30 bits per heavy atom. The van der Waals surface area contributed by atoms with Crippen molar-refractivity contribution in [1.82, 2.24) is 19.9 Å².